The SMILES string of the molecule is Cc1cc(C(=O)NC2CCCCC2)ccc1NC(=O)CN. The van der Waals surface area contributed by atoms with Crippen molar-refractivity contribution < 1.29 is 9.59 Å². The molecular weight excluding hydrogens is 266 g/mol. The van der Waals surface area contributed by atoms with E-state index in [4.69, 9.17) is 5.73 Å². The van der Waals surface area contributed by atoms with Crippen molar-refractivity contribution in [2.45, 2.75) is 45.1 Å². The van der Waals surface area contributed by atoms with Gasteiger partial charge in [0, 0.05) is 17.3 Å². The lowest BCUT2D eigenvalue weighted by Crippen LogP contribution is -2.36. The summed E-state index contributed by atoms with van der Waals surface area (Å²) >= 11 is 0. The fourth-order valence-electron chi connectivity index (χ4n) is 2.66. The number of amides is 2. The van der Waals surface area contributed by atoms with E-state index in [9.17, 15) is 9.59 Å². The van der Waals surface area contributed by atoms with Gasteiger partial charge in [-0.05, 0) is 43.5 Å². The minimum Gasteiger partial charge on any atom is -0.349 e. The number of anilines is 1. The van der Waals surface area contributed by atoms with Crippen LogP contribution in [0.2, 0.25) is 0 Å². The molecule has 1 aliphatic carbocycles. The Hall–Kier alpha value is -1.88. The Balaban J connectivity index is 2.01. The Kier molecular flexibility index (Phi) is 5.33. The Morgan fingerprint density at radius 3 is 2.57 bits per heavy atom. The van der Waals surface area contributed by atoms with E-state index in [0.717, 1.165) is 18.4 Å². The number of nitrogens with two attached hydrogens (primary N) is 1. The topological polar surface area (TPSA) is 84.2 Å². The van der Waals surface area contributed by atoms with Crippen LogP contribution in [-0.2, 0) is 4.79 Å². The molecular formula is C16H23N3O2. The van der Waals surface area contributed by atoms with Crippen molar-refractivity contribution in [3.63, 3.8) is 0 Å². The second kappa shape index (κ2) is 7.22. The Morgan fingerprint density at radius 1 is 1.24 bits per heavy atom. The molecule has 2 rings (SSSR count). The third-order valence-corrected chi connectivity index (χ3v) is 3.89. The number of benzene rings is 1. The highest BCUT2D eigenvalue weighted by molar-refractivity contribution is 5.97. The lowest BCUT2D eigenvalue weighted by molar-refractivity contribution is -0.114. The Morgan fingerprint density at radius 2 is 1.95 bits per heavy atom. The van der Waals surface area contributed by atoms with Crippen LogP contribution in [0.3, 0.4) is 0 Å². The minimum absolute atomic E-state index is 0.0401. The van der Waals surface area contributed by atoms with Gasteiger partial charge < -0.3 is 16.4 Å². The average Bonchev–Trinajstić information content (AvgIpc) is 2.50. The molecule has 0 radical (unpaired) electrons. The molecule has 4 N–H and O–H groups in total. The number of carbonyl (C=O) groups is 2. The monoisotopic (exact) mass is 289 g/mol. The zero-order valence-electron chi connectivity index (χ0n) is 12.4. The van der Waals surface area contributed by atoms with Crippen LogP contribution in [0.25, 0.3) is 0 Å². The molecule has 0 saturated heterocycles. The number of carbonyl (C=O) groups excluding carboxylic acids is 2. The van der Waals surface area contributed by atoms with E-state index in [2.05, 4.69) is 10.6 Å². The first kappa shape index (κ1) is 15.5. The molecule has 21 heavy (non-hydrogen) atoms. The van der Waals surface area contributed by atoms with Crippen molar-refractivity contribution in [1.29, 1.82) is 0 Å². The number of hydrogen-bond acceptors (Lipinski definition) is 3. The van der Waals surface area contributed by atoms with E-state index in [1.165, 1.54) is 19.3 Å². The molecule has 0 bridgehead atoms. The van der Waals surface area contributed by atoms with Gasteiger partial charge in [0.15, 0.2) is 0 Å². The molecule has 1 fully saturated rings. The lowest BCUT2D eigenvalue weighted by atomic mass is 9.95. The maximum absolute atomic E-state index is 12.2. The molecule has 0 unspecified atom stereocenters. The zero-order valence-corrected chi connectivity index (χ0v) is 12.4. The molecule has 0 aromatic heterocycles. The maximum atomic E-state index is 12.2. The predicted octanol–water partition coefficient (Wildman–Crippen LogP) is 1.95. The van der Waals surface area contributed by atoms with Crippen LogP contribution in [-0.4, -0.2) is 24.4 Å². The molecule has 1 aromatic carbocycles. The summed E-state index contributed by atoms with van der Waals surface area (Å²) in [4.78, 5) is 23.5. The molecule has 5 heteroatoms. The van der Waals surface area contributed by atoms with E-state index < -0.39 is 0 Å². The fourth-order valence-corrected chi connectivity index (χ4v) is 2.66. The number of nitrogens with one attached hydrogen (secondary N) is 2. The van der Waals surface area contributed by atoms with Gasteiger partial charge in [0.2, 0.25) is 5.91 Å². The Bertz CT molecular complexity index is 522. The average molecular weight is 289 g/mol. The van der Waals surface area contributed by atoms with E-state index >= 15 is 0 Å². The van der Waals surface area contributed by atoms with Gasteiger partial charge in [-0.25, -0.2) is 0 Å². The normalized spacial score (nSPS) is 15.5. The molecule has 1 aromatic rings. The van der Waals surface area contributed by atoms with Crippen LogP contribution in [0.5, 0.6) is 0 Å². The smallest absolute Gasteiger partial charge is 0.251 e. The first-order valence-electron chi connectivity index (χ1n) is 7.51. The van der Waals surface area contributed by atoms with Crippen molar-refractivity contribution >= 4 is 17.5 Å². The van der Waals surface area contributed by atoms with Crippen molar-refractivity contribution in [2.24, 2.45) is 5.73 Å². The Labute approximate surface area is 125 Å². The quantitative estimate of drug-likeness (QED) is 0.792. The summed E-state index contributed by atoms with van der Waals surface area (Å²) in [6.45, 7) is 1.81. The maximum Gasteiger partial charge on any atom is 0.251 e. The van der Waals surface area contributed by atoms with Gasteiger partial charge >= 0.3 is 0 Å². The molecule has 0 heterocycles. The van der Waals surface area contributed by atoms with Crippen LogP contribution in [0.1, 0.15) is 48.0 Å². The molecule has 1 aliphatic rings. The van der Waals surface area contributed by atoms with E-state index in [1.54, 1.807) is 18.2 Å². The summed E-state index contributed by atoms with van der Waals surface area (Å²) in [5.74, 6) is -0.279. The van der Waals surface area contributed by atoms with E-state index in [0.29, 0.717) is 17.3 Å². The second-order valence-corrected chi connectivity index (χ2v) is 5.59. The fraction of sp³-hybridized carbons (Fsp3) is 0.500. The van der Waals surface area contributed by atoms with Crippen LogP contribution < -0.4 is 16.4 Å². The third-order valence-electron chi connectivity index (χ3n) is 3.89. The van der Waals surface area contributed by atoms with Gasteiger partial charge in [0.1, 0.15) is 0 Å². The van der Waals surface area contributed by atoms with Gasteiger partial charge in [-0.15, -0.1) is 0 Å². The molecule has 0 aliphatic heterocycles. The first-order chi connectivity index (χ1) is 10.1. The summed E-state index contributed by atoms with van der Waals surface area (Å²) < 4.78 is 0. The first-order valence-corrected chi connectivity index (χ1v) is 7.51. The lowest BCUT2D eigenvalue weighted by Gasteiger charge is -2.23. The van der Waals surface area contributed by atoms with Gasteiger partial charge in [0.25, 0.3) is 5.91 Å². The van der Waals surface area contributed by atoms with Crippen LogP contribution in [0.4, 0.5) is 5.69 Å². The van der Waals surface area contributed by atoms with Gasteiger partial charge in [0.05, 0.1) is 6.54 Å². The third kappa shape index (κ3) is 4.29. The highest BCUT2D eigenvalue weighted by Crippen LogP contribution is 2.19. The zero-order chi connectivity index (χ0) is 15.2. The standard InChI is InChI=1S/C16H23N3O2/c1-11-9-12(7-8-14(11)19-15(20)10-17)16(21)18-13-5-3-2-4-6-13/h7-9,13H,2-6,10,17H2,1H3,(H,18,21)(H,19,20). The number of hydrogen-bond donors (Lipinski definition) is 3. The van der Waals surface area contributed by atoms with Crippen molar-refractivity contribution in [1.82, 2.24) is 5.32 Å². The highest BCUT2D eigenvalue weighted by atomic mass is 16.2. The van der Waals surface area contributed by atoms with Gasteiger partial charge in [-0.1, -0.05) is 19.3 Å². The summed E-state index contributed by atoms with van der Waals surface area (Å²) in [5.41, 5.74) is 7.45. The van der Waals surface area contributed by atoms with Crippen molar-refractivity contribution in [3.05, 3.63) is 29.3 Å². The largest absolute Gasteiger partial charge is 0.349 e. The molecule has 0 atom stereocenters. The summed E-state index contributed by atoms with van der Waals surface area (Å²) in [6, 6.07) is 5.57. The van der Waals surface area contributed by atoms with Crippen LogP contribution in [0, 0.1) is 6.92 Å². The predicted molar refractivity (Wildman–Crippen MR) is 83.2 cm³/mol. The summed E-state index contributed by atoms with van der Waals surface area (Å²) in [7, 11) is 0. The van der Waals surface area contributed by atoms with E-state index in [1.807, 2.05) is 6.92 Å². The van der Waals surface area contributed by atoms with Crippen molar-refractivity contribution in [2.75, 3.05) is 11.9 Å². The van der Waals surface area contributed by atoms with Crippen LogP contribution in [0.15, 0.2) is 18.2 Å². The molecule has 5 nitrogen and oxygen atoms in total. The van der Waals surface area contributed by atoms with Gasteiger partial charge in [-0.3, -0.25) is 9.59 Å². The summed E-state index contributed by atoms with van der Waals surface area (Å²) in [6.07, 6.45) is 5.77. The summed E-state index contributed by atoms with van der Waals surface area (Å²) in [5, 5.41) is 5.80. The van der Waals surface area contributed by atoms with E-state index in [-0.39, 0.29) is 18.4 Å². The minimum atomic E-state index is -0.238. The second-order valence-electron chi connectivity index (χ2n) is 5.59. The molecule has 0 spiro atoms. The molecule has 1 saturated carbocycles. The molecule has 2 amide bonds. The van der Waals surface area contributed by atoms with Crippen LogP contribution >= 0.6 is 0 Å². The number of rotatable bonds is 4. The molecule has 114 valence electrons. The van der Waals surface area contributed by atoms with Gasteiger partial charge in [-0.2, -0.15) is 0 Å². The number of aryl methyl sites for hydroxylation is 1. The van der Waals surface area contributed by atoms with Crippen molar-refractivity contribution in [3.8, 4) is 0 Å². The highest BCUT2D eigenvalue weighted by Gasteiger charge is 2.17.